The number of aliphatic hydroxyl groups is 1. The van der Waals surface area contributed by atoms with E-state index in [1.165, 1.54) is 5.56 Å². The van der Waals surface area contributed by atoms with Crippen LogP contribution >= 0.6 is 0 Å². The van der Waals surface area contributed by atoms with Gasteiger partial charge in [-0.25, -0.2) is 0 Å². The average molecular weight is 251 g/mol. The quantitative estimate of drug-likeness (QED) is 0.783. The van der Waals surface area contributed by atoms with Crippen molar-refractivity contribution in [1.82, 2.24) is 5.32 Å². The van der Waals surface area contributed by atoms with Gasteiger partial charge in [-0.2, -0.15) is 0 Å². The van der Waals surface area contributed by atoms with E-state index in [2.05, 4.69) is 31.3 Å². The first-order valence-corrected chi connectivity index (χ1v) is 6.60. The summed E-state index contributed by atoms with van der Waals surface area (Å²) < 4.78 is 5.55. The predicted octanol–water partition coefficient (Wildman–Crippen LogP) is 2.90. The summed E-state index contributed by atoms with van der Waals surface area (Å²) in [6.07, 6.45) is 1.02. The number of hydrogen-bond acceptors (Lipinski definition) is 3. The van der Waals surface area contributed by atoms with Gasteiger partial charge in [0.1, 0.15) is 5.75 Å². The number of hydrogen-bond donors (Lipinski definition) is 2. The van der Waals surface area contributed by atoms with Gasteiger partial charge in [0.2, 0.25) is 0 Å². The maximum absolute atomic E-state index is 9.25. The summed E-state index contributed by atoms with van der Waals surface area (Å²) in [5, 5.41) is 12.6. The zero-order valence-electron chi connectivity index (χ0n) is 11.9. The Bertz CT molecular complexity index is 346. The Morgan fingerprint density at radius 3 is 2.39 bits per heavy atom. The van der Waals surface area contributed by atoms with Crippen molar-refractivity contribution in [2.45, 2.75) is 45.7 Å². The van der Waals surface area contributed by atoms with Crippen molar-refractivity contribution in [1.29, 1.82) is 0 Å². The fraction of sp³-hybridized carbons (Fsp3) is 0.600. The molecule has 18 heavy (non-hydrogen) atoms. The first kappa shape index (κ1) is 15.0. The highest BCUT2D eigenvalue weighted by atomic mass is 16.5. The molecule has 102 valence electrons. The monoisotopic (exact) mass is 251 g/mol. The number of ether oxygens (including phenoxy) is 1. The summed E-state index contributed by atoms with van der Waals surface area (Å²) in [5.74, 6) is 0.911. The van der Waals surface area contributed by atoms with E-state index in [1.807, 2.05) is 26.0 Å². The molecule has 1 atom stereocenters. The third-order valence-electron chi connectivity index (χ3n) is 2.86. The van der Waals surface area contributed by atoms with Crippen molar-refractivity contribution >= 4 is 0 Å². The molecule has 0 aromatic heterocycles. The second kappa shape index (κ2) is 6.76. The highest BCUT2D eigenvalue weighted by molar-refractivity contribution is 5.29. The number of benzene rings is 1. The predicted molar refractivity (Wildman–Crippen MR) is 74.9 cm³/mol. The second-order valence-corrected chi connectivity index (χ2v) is 5.33. The molecule has 0 heterocycles. The van der Waals surface area contributed by atoms with Crippen molar-refractivity contribution in [3.05, 3.63) is 29.8 Å². The van der Waals surface area contributed by atoms with E-state index in [-0.39, 0.29) is 18.2 Å². The van der Waals surface area contributed by atoms with Crippen LogP contribution in [0, 0.1) is 0 Å². The Balaban J connectivity index is 2.61. The van der Waals surface area contributed by atoms with Crippen molar-refractivity contribution < 1.29 is 9.84 Å². The fourth-order valence-electron chi connectivity index (χ4n) is 1.79. The third-order valence-corrected chi connectivity index (χ3v) is 2.86. The fourth-order valence-corrected chi connectivity index (χ4v) is 1.79. The van der Waals surface area contributed by atoms with Crippen LogP contribution in [0.3, 0.4) is 0 Å². The van der Waals surface area contributed by atoms with Crippen LogP contribution in [-0.4, -0.2) is 23.9 Å². The lowest BCUT2D eigenvalue weighted by Crippen LogP contribution is -2.43. The van der Waals surface area contributed by atoms with Gasteiger partial charge in [-0.15, -0.1) is 0 Å². The summed E-state index contributed by atoms with van der Waals surface area (Å²) in [6, 6.07) is 8.32. The van der Waals surface area contributed by atoms with E-state index in [0.29, 0.717) is 0 Å². The molecule has 0 saturated heterocycles. The molecule has 0 aliphatic rings. The molecule has 1 aromatic carbocycles. The van der Waals surface area contributed by atoms with Crippen LogP contribution in [0.5, 0.6) is 5.75 Å². The van der Waals surface area contributed by atoms with Crippen molar-refractivity contribution in [3.8, 4) is 5.75 Å². The molecule has 1 aromatic rings. The molecule has 0 bridgehead atoms. The Labute approximate surface area is 110 Å². The summed E-state index contributed by atoms with van der Waals surface area (Å²) in [7, 11) is 0. The lowest BCUT2D eigenvalue weighted by Gasteiger charge is -2.28. The molecule has 1 unspecified atom stereocenters. The molecule has 3 heteroatoms. The summed E-state index contributed by atoms with van der Waals surface area (Å²) in [5.41, 5.74) is 0.928. The SMILES string of the molecule is CCCOc1ccc(C(C)NC(C)(C)CO)cc1. The van der Waals surface area contributed by atoms with E-state index in [1.54, 1.807) is 0 Å². The van der Waals surface area contributed by atoms with Gasteiger partial charge in [-0.1, -0.05) is 19.1 Å². The number of rotatable bonds is 7. The lowest BCUT2D eigenvalue weighted by molar-refractivity contribution is 0.178. The van der Waals surface area contributed by atoms with Gasteiger partial charge in [0.15, 0.2) is 0 Å². The Morgan fingerprint density at radius 2 is 1.89 bits per heavy atom. The second-order valence-electron chi connectivity index (χ2n) is 5.33. The zero-order valence-corrected chi connectivity index (χ0v) is 11.9. The van der Waals surface area contributed by atoms with Gasteiger partial charge in [-0.05, 0) is 44.9 Å². The third kappa shape index (κ3) is 4.67. The molecular formula is C15H25NO2. The largest absolute Gasteiger partial charge is 0.494 e. The maximum atomic E-state index is 9.25. The maximum Gasteiger partial charge on any atom is 0.119 e. The minimum atomic E-state index is -0.267. The summed E-state index contributed by atoms with van der Waals surface area (Å²) in [4.78, 5) is 0. The lowest BCUT2D eigenvalue weighted by atomic mass is 10.0. The van der Waals surface area contributed by atoms with E-state index in [9.17, 15) is 5.11 Å². The van der Waals surface area contributed by atoms with Crippen LogP contribution in [0.25, 0.3) is 0 Å². The van der Waals surface area contributed by atoms with E-state index in [0.717, 1.165) is 18.8 Å². The van der Waals surface area contributed by atoms with E-state index in [4.69, 9.17) is 4.74 Å². The number of aliphatic hydroxyl groups excluding tert-OH is 1. The minimum absolute atomic E-state index is 0.120. The van der Waals surface area contributed by atoms with Crippen molar-refractivity contribution in [2.24, 2.45) is 0 Å². The van der Waals surface area contributed by atoms with Gasteiger partial charge in [0.25, 0.3) is 0 Å². The molecule has 0 saturated carbocycles. The first-order valence-electron chi connectivity index (χ1n) is 6.60. The van der Waals surface area contributed by atoms with Crippen LogP contribution in [0.2, 0.25) is 0 Å². The highest BCUT2D eigenvalue weighted by Gasteiger charge is 2.19. The van der Waals surface area contributed by atoms with E-state index >= 15 is 0 Å². The normalized spacial score (nSPS) is 13.4. The zero-order chi connectivity index (χ0) is 13.6. The summed E-state index contributed by atoms with van der Waals surface area (Å²) in [6.45, 7) is 9.04. The molecule has 0 fully saturated rings. The summed E-state index contributed by atoms with van der Waals surface area (Å²) >= 11 is 0. The molecule has 0 aliphatic heterocycles. The molecule has 0 radical (unpaired) electrons. The Morgan fingerprint density at radius 1 is 1.28 bits per heavy atom. The van der Waals surface area contributed by atoms with E-state index < -0.39 is 0 Å². The standard InChI is InChI=1S/C15H25NO2/c1-5-10-18-14-8-6-13(7-9-14)12(2)16-15(3,4)11-17/h6-9,12,16-17H,5,10-11H2,1-4H3. The molecule has 2 N–H and O–H groups in total. The first-order chi connectivity index (χ1) is 8.48. The van der Waals surface area contributed by atoms with Crippen molar-refractivity contribution in [2.75, 3.05) is 13.2 Å². The van der Waals surface area contributed by atoms with Gasteiger partial charge >= 0.3 is 0 Å². The average Bonchev–Trinajstić information content (AvgIpc) is 2.36. The molecule has 0 amide bonds. The van der Waals surface area contributed by atoms with Gasteiger partial charge < -0.3 is 15.2 Å². The molecular weight excluding hydrogens is 226 g/mol. The van der Waals surface area contributed by atoms with Gasteiger partial charge in [0.05, 0.1) is 13.2 Å². The Hall–Kier alpha value is -1.06. The van der Waals surface area contributed by atoms with Gasteiger partial charge in [0, 0.05) is 11.6 Å². The van der Waals surface area contributed by atoms with Gasteiger partial charge in [-0.3, -0.25) is 0 Å². The van der Waals surface area contributed by atoms with Crippen LogP contribution < -0.4 is 10.1 Å². The van der Waals surface area contributed by atoms with Crippen LogP contribution in [0.1, 0.15) is 45.7 Å². The topological polar surface area (TPSA) is 41.5 Å². The number of nitrogens with one attached hydrogen (secondary N) is 1. The van der Waals surface area contributed by atoms with Crippen LogP contribution in [-0.2, 0) is 0 Å². The van der Waals surface area contributed by atoms with Crippen molar-refractivity contribution in [3.63, 3.8) is 0 Å². The van der Waals surface area contributed by atoms with Crippen LogP contribution in [0.15, 0.2) is 24.3 Å². The molecule has 0 spiro atoms. The molecule has 1 rings (SSSR count). The van der Waals surface area contributed by atoms with Crippen LogP contribution in [0.4, 0.5) is 0 Å². The smallest absolute Gasteiger partial charge is 0.119 e. The minimum Gasteiger partial charge on any atom is -0.494 e. The Kier molecular flexibility index (Phi) is 5.63. The molecule has 3 nitrogen and oxygen atoms in total. The highest BCUT2D eigenvalue weighted by Crippen LogP contribution is 2.19. The molecule has 0 aliphatic carbocycles.